The smallest absolute Gasteiger partial charge is 0.0410 e. The molecular weight excluding hydrogens is 380 g/mol. The van der Waals surface area contributed by atoms with E-state index in [2.05, 4.69) is 55.0 Å². The zero-order chi connectivity index (χ0) is 15.1. The van der Waals surface area contributed by atoms with Gasteiger partial charge >= 0.3 is 0 Å². The van der Waals surface area contributed by atoms with Gasteiger partial charge in [-0.25, -0.2) is 0 Å². The summed E-state index contributed by atoms with van der Waals surface area (Å²) in [4.78, 5) is 8.00. The molecule has 0 fully saturated rings. The van der Waals surface area contributed by atoms with Crippen molar-refractivity contribution in [2.45, 2.75) is 13.8 Å². The molecule has 104 valence electrons. The zero-order valence-electron chi connectivity index (χ0n) is 11.5. The molecule has 0 saturated carbocycles. The van der Waals surface area contributed by atoms with Crippen molar-refractivity contribution in [1.29, 1.82) is 0 Å². The number of nitrogens with zero attached hydrogens (tertiary/aromatic N) is 2. The van der Waals surface area contributed by atoms with Crippen LogP contribution >= 0.6 is 31.9 Å². The van der Waals surface area contributed by atoms with Crippen molar-refractivity contribution in [2.75, 3.05) is 0 Å². The molecule has 2 heterocycles. The Labute approximate surface area is 136 Å². The number of hydrogen-bond donors (Lipinski definition) is 0. The molecule has 0 atom stereocenters. The SMILES string of the molecule is C=C(C)c1cncc(Br)c1.C=C(C)c1cncc(Br)c1. The highest BCUT2D eigenvalue weighted by Gasteiger charge is 1.93. The van der Waals surface area contributed by atoms with Crippen LogP contribution in [0.15, 0.2) is 59.0 Å². The molecule has 20 heavy (non-hydrogen) atoms. The Balaban J connectivity index is 0.000000200. The Morgan fingerprint density at radius 1 is 0.800 bits per heavy atom. The maximum Gasteiger partial charge on any atom is 0.0410 e. The molecule has 4 heteroatoms. The minimum atomic E-state index is 0.994. The molecule has 2 rings (SSSR count). The number of pyridine rings is 2. The Hall–Kier alpha value is -1.26. The minimum Gasteiger partial charge on any atom is -0.263 e. The fourth-order valence-electron chi connectivity index (χ4n) is 1.29. The van der Waals surface area contributed by atoms with E-state index in [0.29, 0.717) is 0 Å². The van der Waals surface area contributed by atoms with Gasteiger partial charge in [0.15, 0.2) is 0 Å². The molecule has 0 radical (unpaired) electrons. The van der Waals surface area contributed by atoms with Crippen LogP contribution in [0, 0.1) is 0 Å². The quantitative estimate of drug-likeness (QED) is 0.646. The first-order chi connectivity index (χ1) is 9.40. The van der Waals surface area contributed by atoms with Gasteiger partial charge < -0.3 is 0 Å². The lowest BCUT2D eigenvalue weighted by atomic mass is 10.2. The summed E-state index contributed by atoms with van der Waals surface area (Å²) in [6.45, 7) is 11.5. The molecule has 0 aliphatic carbocycles. The van der Waals surface area contributed by atoms with Crippen molar-refractivity contribution in [2.24, 2.45) is 0 Å². The lowest BCUT2D eigenvalue weighted by Crippen LogP contribution is -1.79. The zero-order valence-corrected chi connectivity index (χ0v) is 14.7. The van der Waals surface area contributed by atoms with Gasteiger partial charge in [0.1, 0.15) is 0 Å². The monoisotopic (exact) mass is 394 g/mol. The number of aromatic nitrogens is 2. The Kier molecular flexibility index (Phi) is 6.82. The van der Waals surface area contributed by atoms with E-state index in [0.717, 1.165) is 31.2 Å². The molecule has 0 aliphatic heterocycles. The summed E-state index contributed by atoms with van der Waals surface area (Å²) >= 11 is 6.65. The van der Waals surface area contributed by atoms with E-state index in [1.807, 2.05) is 26.0 Å². The van der Waals surface area contributed by atoms with Gasteiger partial charge in [0, 0.05) is 33.7 Å². The van der Waals surface area contributed by atoms with Crippen molar-refractivity contribution in [1.82, 2.24) is 9.97 Å². The molecule has 0 saturated heterocycles. The Morgan fingerprint density at radius 2 is 1.15 bits per heavy atom. The summed E-state index contributed by atoms with van der Waals surface area (Å²) in [7, 11) is 0. The first-order valence-corrected chi connectivity index (χ1v) is 7.51. The standard InChI is InChI=1S/2C8H8BrN/c2*1-6(2)7-3-8(9)5-10-4-7/h2*3-5H,1H2,2H3. The van der Waals surface area contributed by atoms with Crippen molar-refractivity contribution >= 4 is 43.0 Å². The van der Waals surface area contributed by atoms with Gasteiger partial charge in [-0.1, -0.05) is 13.2 Å². The molecule has 0 N–H and O–H groups in total. The molecular formula is C16H16Br2N2. The van der Waals surface area contributed by atoms with Crippen LogP contribution < -0.4 is 0 Å². The normalized spacial score (nSPS) is 9.40. The van der Waals surface area contributed by atoms with Crippen LogP contribution in [0.2, 0.25) is 0 Å². The van der Waals surface area contributed by atoms with E-state index >= 15 is 0 Å². The molecule has 0 aliphatic rings. The van der Waals surface area contributed by atoms with Crippen LogP contribution in [0.5, 0.6) is 0 Å². The van der Waals surface area contributed by atoms with Gasteiger partial charge in [0.05, 0.1) is 0 Å². The molecule has 2 aromatic rings. The van der Waals surface area contributed by atoms with Gasteiger partial charge in [-0.15, -0.1) is 0 Å². The molecule has 0 unspecified atom stereocenters. The Morgan fingerprint density at radius 3 is 1.35 bits per heavy atom. The van der Waals surface area contributed by atoms with E-state index in [4.69, 9.17) is 0 Å². The minimum absolute atomic E-state index is 0.994. The van der Waals surface area contributed by atoms with Crippen LogP contribution in [-0.2, 0) is 0 Å². The van der Waals surface area contributed by atoms with Gasteiger partial charge in [-0.05, 0) is 80.1 Å². The third-order valence-electron chi connectivity index (χ3n) is 2.40. The summed E-state index contributed by atoms with van der Waals surface area (Å²) in [6.07, 6.45) is 7.11. The fourth-order valence-corrected chi connectivity index (χ4v) is 2.02. The fraction of sp³-hybridized carbons (Fsp3) is 0.125. The number of allylic oxidation sites excluding steroid dienone is 2. The number of rotatable bonds is 2. The molecule has 0 amide bonds. The summed E-state index contributed by atoms with van der Waals surface area (Å²) in [5.74, 6) is 0. The van der Waals surface area contributed by atoms with Crippen LogP contribution in [0.1, 0.15) is 25.0 Å². The summed E-state index contributed by atoms with van der Waals surface area (Å²) in [6, 6.07) is 3.99. The largest absolute Gasteiger partial charge is 0.263 e. The van der Waals surface area contributed by atoms with Crippen molar-refractivity contribution in [3.8, 4) is 0 Å². The highest BCUT2D eigenvalue weighted by Crippen LogP contribution is 2.15. The lowest BCUT2D eigenvalue weighted by molar-refractivity contribution is 1.29. The second-order valence-corrected chi connectivity index (χ2v) is 6.18. The van der Waals surface area contributed by atoms with E-state index < -0.39 is 0 Å². The van der Waals surface area contributed by atoms with E-state index in [1.54, 1.807) is 24.8 Å². The van der Waals surface area contributed by atoms with Crippen molar-refractivity contribution in [3.63, 3.8) is 0 Å². The van der Waals surface area contributed by atoms with Gasteiger partial charge in [0.25, 0.3) is 0 Å². The molecule has 0 aromatic carbocycles. The highest BCUT2D eigenvalue weighted by molar-refractivity contribution is 9.10. The van der Waals surface area contributed by atoms with Crippen LogP contribution in [0.25, 0.3) is 11.1 Å². The predicted molar refractivity (Wildman–Crippen MR) is 93.3 cm³/mol. The second-order valence-electron chi connectivity index (χ2n) is 4.34. The van der Waals surface area contributed by atoms with E-state index in [9.17, 15) is 0 Å². The summed E-state index contributed by atoms with van der Waals surface area (Å²) in [5.41, 5.74) is 4.23. The molecule has 0 spiro atoms. The van der Waals surface area contributed by atoms with E-state index in [-0.39, 0.29) is 0 Å². The molecule has 0 bridgehead atoms. The topological polar surface area (TPSA) is 25.8 Å². The van der Waals surface area contributed by atoms with Crippen LogP contribution in [0.3, 0.4) is 0 Å². The van der Waals surface area contributed by atoms with Gasteiger partial charge in [-0.2, -0.15) is 0 Å². The average molecular weight is 396 g/mol. The number of hydrogen-bond acceptors (Lipinski definition) is 2. The van der Waals surface area contributed by atoms with E-state index in [1.165, 1.54) is 0 Å². The Bertz CT molecular complexity index is 566. The number of halogens is 2. The lowest BCUT2D eigenvalue weighted by Gasteiger charge is -1.97. The van der Waals surface area contributed by atoms with Crippen LogP contribution in [0.4, 0.5) is 0 Å². The molecule has 2 nitrogen and oxygen atoms in total. The van der Waals surface area contributed by atoms with Crippen LogP contribution in [-0.4, -0.2) is 9.97 Å². The second kappa shape index (κ2) is 8.12. The maximum absolute atomic E-state index is 4.00. The predicted octanol–water partition coefficient (Wildman–Crippen LogP) is 5.75. The first-order valence-electron chi connectivity index (χ1n) is 5.93. The average Bonchev–Trinajstić information content (AvgIpc) is 2.39. The third kappa shape index (κ3) is 5.80. The maximum atomic E-state index is 4.00. The van der Waals surface area contributed by atoms with Crippen molar-refractivity contribution < 1.29 is 0 Å². The highest BCUT2D eigenvalue weighted by atomic mass is 79.9. The van der Waals surface area contributed by atoms with Gasteiger partial charge in [-0.3, -0.25) is 9.97 Å². The summed E-state index contributed by atoms with van der Waals surface area (Å²) in [5, 5.41) is 0. The molecule has 2 aromatic heterocycles. The first kappa shape index (κ1) is 16.8. The summed E-state index contributed by atoms with van der Waals surface area (Å²) < 4.78 is 1.99. The van der Waals surface area contributed by atoms with Gasteiger partial charge in [0.2, 0.25) is 0 Å². The third-order valence-corrected chi connectivity index (χ3v) is 3.26. The van der Waals surface area contributed by atoms with Crippen molar-refractivity contribution in [3.05, 3.63) is 70.2 Å².